The molecule has 0 aliphatic rings. The van der Waals surface area contributed by atoms with Crippen LogP contribution in [0, 0.1) is 6.92 Å². The summed E-state index contributed by atoms with van der Waals surface area (Å²) in [6.45, 7) is 5.55. The topological polar surface area (TPSA) is 121 Å². The van der Waals surface area contributed by atoms with Crippen molar-refractivity contribution in [1.29, 1.82) is 0 Å². The van der Waals surface area contributed by atoms with Crippen molar-refractivity contribution < 1.29 is 5.11 Å². The molecule has 0 spiro atoms. The number of rotatable bonds is 5. The van der Waals surface area contributed by atoms with Crippen molar-refractivity contribution >= 4 is 17.0 Å². The lowest BCUT2D eigenvalue weighted by molar-refractivity contribution is 0.113. The Hall–Kier alpha value is -3.59. The summed E-state index contributed by atoms with van der Waals surface area (Å²) in [5.41, 5.74) is 8.54. The summed E-state index contributed by atoms with van der Waals surface area (Å²) >= 11 is 0. The number of nitrogens with zero attached hydrogens (tertiary/aromatic N) is 7. The van der Waals surface area contributed by atoms with Crippen LogP contribution in [0.2, 0.25) is 0 Å². The van der Waals surface area contributed by atoms with Crippen molar-refractivity contribution in [3.05, 3.63) is 55.0 Å². The minimum absolute atomic E-state index is 0.323. The molecule has 0 amide bonds. The first kappa shape index (κ1) is 16.9. The first-order chi connectivity index (χ1) is 13.1. The van der Waals surface area contributed by atoms with E-state index in [1.54, 1.807) is 41.2 Å². The average Bonchev–Trinajstić information content (AvgIpc) is 3.25. The van der Waals surface area contributed by atoms with Crippen LogP contribution in [0.4, 0.5) is 5.82 Å². The second kappa shape index (κ2) is 6.61. The van der Waals surface area contributed by atoms with Crippen LogP contribution >= 0.6 is 0 Å². The maximum absolute atomic E-state index is 10.7. The van der Waals surface area contributed by atoms with Gasteiger partial charge in [0, 0.05) is 12.6 Å². The van der Waals surface area contributed by atoms with E-state index in [0.717, 1.165) is 5.69 Å². The van der Waals surface area contributed by atoms with Crippen LogP contribution < -0.4 is 5.73 Å². The monoisotopic (exact) mass is 362 g/mol. The Morgan fingerprint density at radius 1 is 1.30 bits per heavy atom. The molecule has 1 unspecified atom stereocenters. The standard InChI is InChI=1S/C18H18N8O/c1-3-5-15(27)25-17(12-6-4-9-20-16(12)19)22-13-7-8-14(23-18(13)25)26-21-10-11(2)24-26/h3-4,6-10,15,27H,1,5H2,2H3,(H2,19,20). The predicted molar refractivity (Wildman–Crippen MR) is 101 cm³/mol. The third-order valence-electron chi connectivity index (χ3n) is 4.09. The van der Waals surface area contributed by atoms with Crippen molar-refractivity contribution in [1.82, 2.24) is 34.5 Å². The van der Waals surface area contributed by atoms with Crippen molar-refractivity contribution in [2.24, 2.45) is 0 Å². The highest BCUT2D eigenvalue weighted by molar-refractivity contribution is 5.81. The molecular formula is C18H18N8O. The van der Waals surface area contributed by atoms with E-state index in [9.17, 15) is 5.11 Å². The number of hydrogen-bond donors (Lipinski definition) is 2. The summed E-state index contributed by atoms with van der Waals surface area (Å²) in [6, 6.07) is 7.16. The number of anilines is 1. The Balaban J connectivity index is 1.96. The SMILES string of the molecule is C=CCC(O)n1c(-c2cccnc2N)nc2ccc(-n3ncc(C)n3)nc21. The van der Waals surface area contributed by atoms with Gasteiger partial charge < -0.3 is 10.8 Å². The number of nitrogen functional groups attached to an aromatic ring is 1. The first-order valence-corrected chi connectivity index (χ1v) is 8.36. The van der Waals surface area contributed by atoms with Crippen LogP contribution in [-0.2, 0) is 0 Å². The van der Waals surface area contributed by atoms with E-state index >= 15 is 0 Å². The smallest absolute Gasteiger partial charge is 0.176 e. The van der Waals surface area contributed by atoms with Crippen molar-refractivity contribution in [3.63, 3.8) is 0 Å². The number of aromatic nitrogens is 7. The number of fused-ring (bicyclic) bond motifs is 1. The van der Waals surface area contributed by atoms with Gasteiger partial charge in [-0.15, -0.1) is 11.4 Å². The molecule has 0 bridgehead atoms. The molecule has 0 radical (unpaired) electrons. The molecular weight excluding hydrogens is 344 g/mol. The van der Waals surface area contributed by atoms with Gasteiger partial charge in [0.1, 0.15) is 23.4 Å². The number of aliphatic hydroxyl groups is 1. The minimum atomic E-state index is -0.905. The molecule has 4 heterocycles. The predicted octanol–water partition coefficient (Wildman–Crippen LogP) is 2.03. The molecule has 0 fully saturated rings. The van der Waals surface area contributed by atoms with Crippen LogP contribution in [0.5, 0.6) is 0 Å². The molecule has 0 aliphatic carbocycles. The highest BCUT2D eigenvalue weighted by Gasteiger charge is 2.21. The molecule has 9 nitrogen and oxygen atoms in total. The lowest BCUT2D eigenvalue weighted by atomic mass is 10.2. The van der Waals surface area contributed by atoms with E-state index in [-0.39, 0.29) is 0 Å². The zero-order chi connectivity index (χ0) is 19.0. The van der Waals surface area contributed by atoms with Crippen LogP contribution in [0.25, 0.3) is 28.4 Å². The summed E-state index contributed by atoms with van der Waals surface area (Å²) < 4.78 is 1.63. The van der Waals surface area contributed by atoms with Gasteiger partial charge in [0.05, 0.1) is 17.5 Å². The molecule has 9 heteroatoms. The average molecular weight is 362 g/mol. The Labute approximate surface area is 154 Å². The summed E-state index contributed by atoms with van der Waals surface area (Å²) in [4.78, 5) is 14.8. The van der Waals surface area contributed by atoms with E-state index < -0.39 is 6.23 Å². The van der Waals surface area contributed by atoms with Crippen LogP contribution in [0.15, 0.2) is 49.3 Å². The first-order valence-electron chi connectivity index (χ1n) is 8.36. The molecule has 136 valence electrons. The molecule has 0 aliphatic heterocycles. The lowest BCUT2D eigenvalue weighted by Gasteiger charge is -2.15. The van der Waals surface area contributed by atoms with Crippen molar-refractivity contribution in [2.45, 2.75) is 19.6 Å². The zero-order valence-corrected chi connectivity index (χ0v) is 14.7. The van der Waals surface area contributed by atoms with Gasteiger partial charge in [-0.25, -0.2) is 15.0 Å². The number of pyridine rings is 2. The second-order valence-electron chi connectivity index (χ2n) is 6.03. The van der Waals surface area contributed by atoms with Gasteiger partial charge >= 0.3 is 0 Å². The molecule has 4 aromatic heterocycles. The highest BCUT2D eigenvalue weighted by Crippen LogP contribution is 2.30. The Bertz CT molecular complexity index is 1130. The third-order valence-corrected chi connectivity index (χ3v) is 4.09. The number of aliphatic hydroxyl groups excluding tert-OH is 1. The van der Waals surface area contributed by atoms with Gasteiger partial charge in [0.15, 0.2) is 11.5 Å². The molecule has 0 saturated heterocycles. The zero-order valence-electron chi connectivity index (χ0n) is 14.7. The molecule has 0 saturated carbocycles. The fraction of sp³-hybridized carbons (Fsp3) is 0.167. The van der Waals surface area contributed by atoms with E-state index in [1.165, 1.54) is 4.80 Å². The quantitative estimate of drug-likeness (QED) is 0.521. The van der Waals surface area contributed by atoms with Gasteiger partial charge in [0.2, 0.25) is 0 Å². The van der Waals surface area contributed by atoms with Crippen LogP contribution in [-0.4, -0.2) is 39.6 Å². The van der Waals surface area contributed by atoms with Crippen LogP contribution in [0.1, 0.15) is 18.3 Å². The molecule has 27 heavy (non-hydrogen) atoms. The number of nitrogens with two attached hydrogens (primary N) is 1. The largest absolute Gasteiger partial charge is 0.383 e. The fourth-order valence-corrected chi connectivity index (χ4v) is 2.86. The summed E-state index contributed by atoms with van der Waals surface area (Å²) in [6.07, 6.45) is 4.31. The van der Waals surface area contributed by atoms with Gasteiger partial charge in [-0.3, -0.25) is 4.57 Å². The molecule has 4 rings (SSSR count). The second-order valence-corrected chi connectivity index (χ2v) is 6.03. The Morgan fingerprint density at radius 3 is 2.85 bits per heavy atom. The minimum Gasteiger partial charge on any atom is -0.383 e. The number of aryl methyl sites for hydroxylation is 1. The maximum atomic E-state index is 10.7. The normalized spacial score (nSPS) is 12.4. The lowest BCUT2D eigenvalue weighted by Crippen LogP contribution is -2.11. The van der Waals surface area contributed by atoms with Gasteiger partial charge in [0.25, 0.3) is 0 Å². The van der Waals surface area contributed by atoms with Gasteiger partial charge in [-0.1, -0.05) is 6.08 Å². The van der Waals surface area contributed by atoms with E-state index in [0.29, 0.717) is 40.6 Å². The van der Waals surface area contributed by atoms with Gasteiger partial charge in [-0.05, 0) is 31.2 Å². The van der Waals surface area contributed by atoms with Crippen molar-refractivity contribution in [3.8, 4) is 17.2 Å². The van der Waals surface area contributed by atoms with E-state index in [1.807, 2.05) is 13.0 Å². The third kappa shape index (κ3) is 2.93. The van der Waals surface area contributed by atoms with Gasteiger partial charge in [-0.2, -0.15) is 10.2 Å². The molecule has 3 N–H and O–H groups in total. The molecule has 1 atom stereocenters. The fourth-order valence-electron chi connectivity index (χ4n) is 2.86. The maximum Gasteiger partial charge on any atom is 0.176 e. The van der Waals surface area contributed by atoms with Crippen molar-refractivity contribution in [2.75, 3.05) is 5.73 Å². The summed E-state index contributed by atoms with van der Waals surface area (Å²) in [7, 11) is 0. The molecule has 4 aromatic rings. The van der Waals surface area contributed by atoms with E-state index in [2.05, 4.69) is 31.7 Å². The number of imidazole rings is 1. The molecule has 0 aromatic carbocycles. The summed E-state index contributed by atoms with van der Waals surface area (Å²) in [5.74, 6) is 1.33. The number of hydrogen-bond acceptors (Lipinski definition) is 7. The van der Waals surface area contributed by atoms with E-state index in [4.69, 9.17) is 5.73 Å². The summed E-state index contributed by atoms with van der Waals surface area (Å²) in [5, 5.41) is 19.2. The Morgan fingerprint density at radius 2 is 2.15 bits per heavy atom. The van der Waals surface area contributed by atoms with Crippen LogP contribution in [0.3, 0.4) is 0 Å². The Kier molecular flexibility index (Phi) is 4.13. The highest BCUT2D eigenvalue weighted by atomic mass is 16.3.